The van der Waals surface area contributed by atoms with Gasteiger partial charge in [0.15, 0.2) is 6.29 Å². The summed E-state index contributed by atoms with van der Waals surface area (Å²) in [5, 5.41) is 60.1. The summed E-state index contributed by atoms with van der Waals surface area (Å²) < 4.78 is 33.8. The molecule has 11 atom stereocenters. The van der Waals surface area contributed by atoms with E-state index in [-0.39, 0.29) is 19.8 Å². The smallest absolute Gasteiger partial charge is 0.333 e. The fourth-order valence-electron chi connectivity index (χ4n) is 6.38. The average Bonchev–Trinajstić information content (AvgIpc) is 3.76. The molecular formula is C35H50O14. The van der Waals surface area contributed by atoms with Crippen LogP contribution in [-0.2, 0) is 38.0 Å². The molecule has 0 spiro atoms. The van der Waals surface area contributed by atoms with Gasteiger partial charge in [-0.3, -0.25) is 0 Å². The van der Waals surface area contributed by atoms with E-state index in [1.807, 2.05) is 26.0 Å². The van der Waals surface area contributed by atoms with Crippen LogP contribution in [0.25, 0.3) is 0 Å². The Labute approximate surface area is 285 Å². The molecule has 0 amide bonds. The van der Waals surface area contributed by atoms with Crippen molar-refractivity contribution in [2.45, 2.75) is 108 Å². The Kier molecular flexibility index (Phi) is 13.8. The van der Waals surface area contributed by atoms with Gasteiger partial charge in [-0.05, 0) is 65.5 Å². The van der Waals surface area contributed by atoms with Crippen LogP contribution < -0.4 is 0 Å². The number of fused-ring (bicyclic) bond motifs is 3. The van der Waals surface area contributed by atoms with Crippen molar-refractivity contribution in [1.29, 1.82) is 0 Å². The molecule has 3 aliphatic heterocycles. The van der Waals surface area contributed by atoms with E-state index in [4.69, 9.17) is 33.5 Å². The normalized spacial score (nSPS) is 36.1. The molecule has 4 aliphatic rings. The van der Waals surface area contributed by atoms with Crippen LogP contribution in [0.15, 0.2) is 58.9 Å². The number of esters is 2. The first kappa shape index (κ1) is 38.9. The van der Waals surface area contributed by atoms with E-state index in [0.29, 0.717) is 30.4 Å². The van der Waals surface area contributed by atoms with Gasteiger partial charge in [0.05, 0.1) is 31.5 Å². The molecule has 274 valence electrons. The molecule has 0 aromatic heterocycles. The van der Waals surface area contributed by atoms with Crippen LogP contribution in [0.2, 0.25) is 0 Å². The van der Waals surface area contributed by atoms with Gasteiger partial charge in [0, 0.05) is 17.1 Å². The minimum atomic E-state index is -1.66. The second-order valence-corrected chi connectivity index (χ2v) is 13.1. The summed E-state index contributed by atoms with van der Waals surface area (Å²) in [4.78, 5) is 25.1. The summed E-state index contributed by atoms with van der Waals surface area (Å²) >= 11 is 0. The maximum absolute atomic E-state index is 12.9. The topological polar surface area (TPSA) is 214 Å². The molecule has 14 heteroatoms. The largest absolute Gasteiger partial charge is 0.472 e. The highest BCUT2D eigenvalue weighted by Gasteiger charge is 2.76. The van der Waals surface area contributed by atoms with Gasteiger partial charge in [-0.15, -0.1) is 0 Å². The number of aliphatic hydroxyl groups is 6. The first-order valence-corrected chi connectivity index (χ1v) is 16.6. The van der Waals surface area contributed by atoms with E-state index in [0.717, 1.165) is 17.6 Å². The summed E-state index contributed by atoms with van der Waals surface area (Å²) in [5.74, 6) is -2.13. The molecule has 1 saturated carbocycles. The van der Waals surface area contributed by atoms with Crippen LogP contribution in [0.3, 0.4) is 0 Å². The third-order valence-electron chi connectivity index (χ3n) is 9.51. The first-order chi connectivity index (χ1) is 23.3. The van der Waals surface area contributed by atoms with E-state index in [1.165, 1.54) is 6.26 Å². The summed E-state index contributed by atoms with van der Waals surface area (Å²) in [6.45, 7) is 6.45. The molecule has 0 aromatic rings. The Balaban J connectivity index is 1.25. The molecule has 0 radical (unpaired) electrons. The van der Waals surface area contributed by atoms with Gasteiger partial charge in [0.25, 0.3) is 0 Å². The standard InChI is InChI=1S/C35H50O14/c1-19(11-14-36)7-5-9-21(3)31(42)44-15-12-20(2)8-6-10-22(4)32(43)46-18-35-25-23(26(38)30(35)49-35)13-16-45-33(25)48-34-29(41)28(40)27(39)24(17-37)47-34/h9-13,16,23-30,33-34,36-41H,5-8,14-15,17-18H2,1-4H3/b19-11-,20-12+,21-9+,22-10+/t23-,24+,25-,26-,27+,28-,29+,30-,33-,34-,35+/m0/s1. The van der Waals surface area contributed by atoms with Crippen LogP contribution >= 0.6 is 0 Å². The predicted molar refractivity (Wildman–Crippen MR) is 172 cm³/mol. The van der Waals surface area contributed by atoms with Crippen molar-refractivity contribution in [3.63, 3.8) is 0 Å². The van der Waals surface area contributed by atoms with Gasteiger partial charge in [-0.2, -0.15) is 0 Å². The maximum atomic E-state index is 12.9. The third kappa shape index (κ3) is 9.25. The summed E-state index contributed by atoms with van der Waals surface area (Å²) in [6, 6.07) is 0. The van der Waals surface area contributed by atoms with Gasteiger partial charge in [0.2, 0.25) is 6.29 Å². The molecule has 14 nitrogen and oxygen atoms in total. The zero-order chi connectivity index (χ0) is 35.9. The summed E-state index contributed by atoms with van der Waals surface area (Å²) in [7, 11) is 0. The van der Waals surface area contributed by atoms with Gasteiger partial charge in [-0.25, -0.2) is 9.59 Å². The van der Waals surface area contributed by atoms with Crippen molar-refractivity contribution in [2.75, 3.05) is 26.4 Å². The Hall–Kier alpha value is -2.92. The van der Waals surface area contributed by atoms with Crippen molar-refractivity contribution in [1.82, 2.24) is 0 Å². The van der Waals surface area contributed by atoms with Crippen LogP contribution in [0.4, 0.5) is 0 Å². The molecule has 0 unspecified atom stereocenters. The maximum Gasteiger partial charge on any atom is 0.333 e. The lowest BCUT2D eigenvalue weighted by molar-refractivity contribution is -0.344. The molecule has 3 fully saturated rings. The number of hydrogen-bond acceptors (Lipinski definition) is 14. The second-order valence-electron chi connectivity index (χ2n) is 13.1. The minimum absolute atomic E-state index is 0.00288. The van der Waals surface area contributed by atoms with Crippen molar-refractivity contribution in [2.24, 2.45) is 11.8 Å². The predicted octanol–water partition coefficient (Wildman–Crippen LogP) is 0.842. The summed E-state index contributed by atoms with van der Waals surface area (Å²) in [6.07, 6.45) is 2.43. The van der Waals surface area contributed by atoms with Crippen LogP contribution in [0.5, 0.6) is 0 Å². The highest BCUT2D eigenvalue weighted by Crippen LogP contribution is 2.60. The van der Waals surface area contributed by atoms with Crippen LogP contribution in [0, 0.1) is 11.8 Å². The Morgan fingerprint density at radius 2 is 1.43 bits per heavy atom. The van der Waals surface area contributed by atoms with E-state index in [9.17, 15) is 35.1 Å². The molecule has 49 heavy (non-hydrogen) atoms. The van der Waals surface area contributed by atoms with Gasteiger partial charge in [0.1, 0.15) is 49.3 Å². The molecular weight excluding hydrogens is 644 g/mol. The number of ether oxygens (including phenoxy) is 6. The third-order valence-corrected chi connectivity index (χ3v) is 9.51. The Bertz CT molecular complexity index is 1320. The lowest BCUT2D eigenvalue weighted by atomic mass is 9.85. The number of hydrogen-bond donors (Lipinski definition) is 6. The van der Waals surface area contributed by atoms with Gasteiger partial charge in [-0.1, -0.05) is 29.4 Å². The van der Waals surface area contributed by atoms with Crippen molar-refractivity contribution in [3.8, 4) is 0 Å². The molecule has 2 saturated heterocycles. The SMILES string of the molecule is C/C(=C/CO)CC/C=C(\C)C(=O)OC/C=C(\C)CC/C=C(\C)C(=O)OC[C@]12O[C@H]1[C@@H](O)[C@H]1C=CO[C@@H](O[C@@H]3O[C@H](CO)[C@@H](O)[C@H](O)[C@H]3O)[C@H]12. The van der Waals surface area contributed by atoms with Gasteiger partial charge >= 0.3 is 11.9 Å². The van der Waals surface area contributed by atoms with Crippen molar-refractivity contribution >= 4 is 11.9 Å². The molecule has 0 aromatic carbocycles. The Morgan fingerprint density at radius 1 is 0.796 bits per heavy atom. The lowest BCUT2D eigenvalue weighted by Gasteiger charge is -2.43. The number of aliphatic hydroxyl groups excluding tert-OH is 6. The van der Waals surface area contributed by atoms with E-state index in [1.54, 1.807) is 32.1 Å². The minimum Gasteiger partial charge on any atom is -0.472 e. The average molecular weight is 695 g/mol. The van der Waals surface area contributed by atoms with Crippen LogP contribution in [-0.4, -0.2) is 124 Å². The highest BCUT2D eigenvalue weighted by molar-refractivity contribution is 5.88. The fraction of sp³-hybridized carbons (Fsp3) is 0.657. The molecule has 6 N–H and O–H groups in total. The second kappa shape index (κ2) is 17.3. The molecule has 4 rings (SSSR count). The number of allylic oxidation sites excluding steroid dienone is 4. The quantitative estimate of drug-likeness (QED) is 0.0572. The van der Waals surface area contributed by atoms with E-state index < -0.39 is 85.2 Å². The van der Waals surface area contributed by atoms with E-state index in [2.05, 4.69) is 0 Å². The van der Waals surface area contributed by atoms with Crippen molar-refractivity contribution in [3.05, 3.63) is 58.9 Å². The highest BCUT2D eigenvalue weighted by atomic mass is 16.8. The number of epoxide rings is 1. The van der Waals surface area contributed by atoms with Crippen molar-refractivity contribution < 1.29 is 68.6 Å². The number of carbonyl (C=O) groups excluding carboxylic acids is 2. The monoisotopic (exact) mass is 694 g/mol. The first-order valence-electron chi connectivity index (χ1n) is 16.6. The fourth-order valence-corrected chi connectivity index (χ4v) is 6.38. The van der Waals surface area contributed by atoms with Crippen LogP contribution in [0.1, 0.15) is 53.4 Å². The zero-order valence-electron chi connectivity index (χ0n) is 28.3. The molecule has 3 heterocycles. The number of carbonyl (C=O) groups is 2. The summed E-state index contributed by atoms with van der Waals surface area (Å²) in [5.41, 5.74) is 1.79. The molecule has 0 bridgehead atoms. The molecule has 1 aliphatic carbocycles. The Morgan fingerprint density at radius 3 is 2.06 bits per heavy atom. The van der Waals surface area contributed by atoms with Gasteiger partial charge < -0.3 is 59.1 Å². The zero-order valence-corrected chi connectivity index (χ0v) is 28.3. The van der Waals surface area contributed by atoms with E-state index >= 15 is 0 Å². The number of rotatable bonds is 16. The lowest BCUT2D eigenvalue weighted by Crippen LogP contribution is -2.60.